The smallest absolute Gasteiger partial charge is 0.229 e. The van der Waals surface area contributed by atoms with Gasteiger partial charge in [-0.3, -0.25) is 19.2 Å². The van der Waals surface area contributed by atoms with Crippen LogP contribution in [0.15, 0.2) is 24.3 Å². The average Bonchev–Trinajstić information content (AvgIpc) is 2.31. The van der Waals surface area contributed by atoms with Crippen molar-refractivity contribution in [2.75, 3.05) is 0 Å². The van der Waals surface area contributed by atoms with Crippen LogP contribution in [0.4, 0.5) is 0 Å². The molecule has 22 heavy (non-hydrogen) atoms. The summed E-state index contributed by atoms with van der Waals surface area (Å²) in [5.74, 6) is -1.60. The summed E-state index contributed by atoms with van der Waals surface area (Å²) in [7, 11) is 0. The lowest BCUT2D eigenvalue weighted by Gasteiger charge is -2.33. The van der Waals surface area contributed by atoms with Gasteiger partial charge < -0.3 is 22.1 Å². The van der Waals surface area contributed by atoms with E-state index in [4.69, 9.17) is 11.5 Å². The number of carbonyl (C=O) groups excluding carboxylic acids is 4. The number of rotatable bonds is 6. The van der Waals surface area contributed by atoms with Gasteiger partial charge in [-0.2, -0.15) is 0 Å². The quantitative estimate of drug-likeness (QED) is 0.270. The van der Waals surface area contributed by atoms with Crippen LogP contribution in [0.25, 0.3) is 0 Å². The van der Waals surface area contributed by atoms with Gasteiger partial charge in [0.2, 0.25) is 11.8 Å². The first-order valence-corrected chi connectivity index (χ1v) is 6.63. The monoisotopic (exact) mass is 308 g/mol. The summed E-state index contributed by atoms with van der Waals surface area (Å²) >= 11 is 0. The lowest BCUT2D eigenvalue weighted by atomic mass is 9.96. The van der Waals surface area contributed by atoms with E-state index >= 15 is 0 Å². The lowest BCUT2D eigenvalue weighted by Crippen LogP contribution is -2.60. The molecular weight excluding hydrogens is 288 g/mol. The number of carbonyl (C=O) groups is 4. The molecule has 0 atom stereocenters. The molecule has 1 aliphatic carbocycles. The molecule has 0 heterocycles. The summed E-state index contributed by atoms with van der Waals surface area (Å²) in [6.07, 6.45) is 5.06. The maximum absolute atomic E-state index is 11.6. The zero-order valence-corrected chi connectivity index (χ0v) is 12.5. The molecule has 6 N–H and O–H groups in total. The topological polar surface area (TPSA) is 144 Å². The normalized spacial score (nSPS) is 26.4. The molecule has 1 rings (SSSR count). The van der Waals surface area contributed by atoms with Crippen LogP contribution in [-0.2, 0) is 19.2 Å². The average molecular weight is 308 g/mol. The third kappa shape index (κ3) is 5.58. The Bertz CT molecular complexity index is 503. The minimum Gasteiger partial charge on any atom is -0.331 e. The summed E-state index contributed by atoms with van der Waals surface area (Å²) in [5, 5.41) is 4.94. The fourth-order valence-corrected chi connectivity index (χ4v) is 1.85. The molecule has 0 unspecified atom stereocenters. The molecule has 0 bridgehead atoms. The highest BCUT2D eigenvalue weighted by atomic mass is 16.2. The van der Waals surface area contributed by atoms with Gasteiger partial charge in [0.05, 0.1) is 12.8 Å². The number of amides is 2. The molecule has 0 aromatic heterocycles. The SMILES string of the molecule is CC(=O)CC(=O)NC1(N)C=CC(N)(NC(=O)CC(C)=O)C=C1. The molecule has 8 heteroatoms. The first kappa shape index (κ1) is 17.7. The third-order valence-electron chi connectivity index (χ3n) is 2.80. The van der Waals surface area contributed by atoms with Crippen molar-refractivity contribution in [3.63, 3.8) is 0 Å². The maximum Gasteiger partial charge on any atom is 0.229 e. The highest BCUT2D eigenvalue weighted by molar-refractivity contribution is 5.98. The highest BCUT2D eigenvalue weighted by Gasteiger charge is 2.31. The van der Waals surface area contributed by atoms with Gasteiger partial charge in [-0.25, -0.2) is 0 Å². The Morgan fingerprint density at radius 1 is 0.773 bits per heavy atom. The van der Waals surface area contributed by atoms with Crippen LogP contribution in [0.2, 0.25) is 0 Å². The lowest BCUT2D eigenvalue weighted by molar-refractivity contribution is -0.129. The fraction of sp³-hybridized carbons (Fsp3) is 0.429. The molecule has 0 saturated carbocycles. The minimum atomic E-state index is -1.29. The van der Waals surface area contributed by atoms with Gasteiger partial charge in [0.25, 0.3) is 0 Å². The van der Waals surface area contributed by atoms with Gasteiger partial charge in [-0.05, 0) is 38.2 Å². The minimum absolute atomic E-state index is 0.274. The van der Waals surface area contributed by atoms with Crippen LogP contribution in [-0.4, -0.2) is 34.7 Å². The summed E-state index contributed by atoms with van der Waals surface area (Å²) in [4.78, 5) is 44.9. The van der Waals surface area contributed by atoms with Crippen LogP contribution in [0.3, 0.4) is 0 Å². The van der Waals surface area contributed by atoms with Crippen LogP contribution < -0.4 is 22.1 Å². The number of ketones is 2. The Balaban J connectivity index is 2.69. The number of nitrogens with one attached hydrogen (secondary N) is 2. The first-order chi connectivity index (χ1) is 10.0. The van der Waals surface area contributed by atoms with E-state index in [2.05, 4.69) is 10.6 Å². The van der Waals surface area contributed by atoms with E-state index in [1.807, 2.05) is 0 Å². The van der Waals surface area contributed by atoms with E-state index in [-0.39, 0.29) is 24.4 Å². The second-order valence-electron chi connectivity index (χ2n) is 5.39. The predicted octanol–water partition coefficient (Wildman–Crippen LogP) is -1.39. The second kappa shape index (κ2) is 6.63. The molecule has 0 aliphatic heterocycles. The van der Waals surface area contributed by atoms with Gasteiger partial charge >= 0.3 is 0 Å². The molecule has 0 saturated heterocycles. The molecule has 1 aliphatic rings. The van der Waals surface area contributed by atoms with Crippen LogP contribution >= 0.6 is 0 Å². The maximum atomic E-state index is 11.6. The molecule has 0 radical (unpaired) electrons. The Morgan fingerprint density at radius 3 is 1.27 bits per heavy atom. The van der Waals surface area contributed by atoms with Gasteiger partial charge in [-0.1, -0.05) is 0 Å². The number of nitrogens with two attached hydrogens (primary N) is 2. The molecule has 0 fully saturated rings. The Labute approximate surface area is 128 Å². The van der Waals surface area contributed by atoms with E-state index < -0.39 is 23.1 Å². The molecule has 0 spiro atoms. The van der Waals surface area contributed by atoms with Crippen LogP contribution in [0.1, 0.15) is 26.7 Å². The van der Waals surface area contributed by atoms with Gasteiger partial charge in [0, 0.05) is 0 Å². The van der Waals surface area contributed by atoms with Gasteiger partial charge in [0.15, 0.2) is 0 Å². The highest BCUT2D eigenvalue weighted by Crippen LogP contribution is 2.15. The van der Waals surface area contributed by atoms with Crippen molar-refractivity contribution in [3.05, 3.63) is 24.3 Å². The molecular formula is C14H20N4O4. The number of hydrogen-bond acceptors (Lipinski definition) is 6. The Kier molecular flexibility index (Phi) is 5.34. The molecule has 2 amide bonds. The van der Waals surface area contributed by atoms with Crippen molar-refractivity contribution in [3.8, 4) is 0 Å². The van der Waals surface area contributed by atoms with Crippen molar-refractivity contribution in [1.29, 1.82) is 0 Å². The fourth-order valence-electron chi connectivity index (χ4n) is 1.85. The summed E-state index contributed by atoms with van der Waals surface area (Å²) in [6.45, 7) is 2.59. The van der Waals surface area contributed by atoms with Crippen LogP contribution in [0, 0.1) is 0 Å². The largest absolute Gasteiger partial charge is 0.331 e. The van der Waals surface area contributed by atoms with Crippen molar-refractivity contribution < 1.29 is 19.2 Å². The van der Waals surface area contributed by atoms with Crippen molar-refractivity contribution in [2.24, 2.45) is 11.5 Å². The van der Waals surface area contributed by atoms with Crippen LogP contribution in [0.5, 0.6) is 0 Å². The van der Waals surface area contributed by atoms with E-state index in [9.17, 15) is 19.2 Å². The zero-order valence-electron chi connectivity index (χ0n) is 12.5. The van der Waals surface area contributed by atoms with E-state index in [0.29, 0.717) is 0 Å². The third-order valence-corrected chi connectivity index (χ3v) is 2.80. The van der Waals surface area contributed by atoms with Gasteiger partial charge in [-0.15, -0.1) is 0 Å². The first-order valence-electron chi connectivity index (χ1n) is 6.63. The number of hydrogen-bond donors (Lipinski definition) is 4. The van der Waals surface area contributed by atoms with Crippen molar-refractivity contribution in [2.45, 2.75) is 38.0 Å². The predicted molar refractivity (Wildman–Crippen MR) is 79.0 cm³/mol. The van der Waals surface area contributed by atoms with Gasteiger partial charge in [0.1, 0.15) is 22.9 Å². The second-order valence-corrected chi connectivity index (χ2v) is 5.39. The molecule has 120 valence electrons. The zero-order chi connectivity index (χ0) is 17.0. The standard InChI is InChI=1S/C14H20N4O4/c1-9(19)7-11(21)17-13(15)3-5-14(16,6-4-13)18-12(22)8-10(2)20/h3-6H,7-8,15-16H2,1-2H3,(H,17,21)(H,18,22). The van der Waals surface area contributed by atoms with E-state index in [1.54, 1.807) is 0 Å². The Hall–Kier alpha value is -2.32. The van der Waals surface area contributed by atoms with E-state index in [0.717, 1.165) is 0 Å². The summed E-state index contributed by atoms with van der Waals surface area (Å²) in [6, 6.07) is 0. The van der Waals surface area contributed by atoms with Crippen molar-refractivity contribution in [1.82, 2.24) is 10.6 Å². The summed E-state index contributed by atoms with van der Waals surface area (Å²) in [5.41, 5.74) is 9.28. The summed E-state index contributed by atoms with van der Waals surface area (Å²) < 4.78 is 0. The number of Topliss-reactive ketones (excluding diaryl/α,β-unsaturated/α-hetero) is 2. The molecule has 8 nitrogen and oxygen atoms in total. The Morgan fingerprint density at radius 2 is 1.05 bits per heavy atom. The molecule has 0 aromatic carbocycles. The van der Waals surface area contributed by atoms with E-state index in [1.165, 1.54) is 38.2 Å². The molecule has 0 aromatic rings. The van der Waals surface area contributed by atoms with Crippen molar-refractivity contribution >= 4 is 23.4 Å².